The predicted molar refractivity (Wildman–Crippen MR) is 85.6 cm³/mol. The molecule has 5 nitrogen and oxygen atoms in total. The molecule has 0 aliphatic heterocycles. The van der Waals surface area contributed by atoms with Crippen molar-refractivity contribution >= 4 is 17.2 Å². The number of rotatable bonds is 2. The fourth-order valence-electron chi connectivity index (χ4n) is 2.13. The first-order valence-electron chi connectivity index (χ1n) is 6.67. The van der Waals surface area contributed by atoms with E-state index in [-0.39, 0.29) is 5.41 Å². The van der Waals surface area contributed by atoms with E-state index in [1.807, 2.05) is 28.4 Å². The van der Waals surface area contributed by atoms with E-state index in [1.54, 1.807) is 23.7 Å². The molecule has 0 radical (unpaired) electrons. The van der Waals surface area contributed by atoms with Crippen molar-refractivity contribution in [2.45, 2.75) is 26.2 Å². The van der Waals surface area contributed by atoms with E-state index >= 15 is 0 Å². The van der Waals surface area contributed by atoms with E-state index in [2.05, 4.69) is 30.7 Å². The van der Waals surface area contributed by atoms with Gasteiger partial charge in [0.15, 0.2) is 0 Å². The Bertz CT molecular complexity index is 735. The number of nitrogens with two attached hydrogens (primary N) is 1. The zero-order valence-electron chi connectivity index (χ0n) is 12.2. The topological polar surface area (TPSA) is 69.6 Å². The lowest BCUT2D eigenvalue weighted by molar-refractivity contribution is 0.561. The van der Waals surface area contributed by atoms with Crippen molar-refractivity contribution in [3.05, 3.63) is 41.8 Å². The molecule has 2 N–H and O–H groups in total. The highest BCUT2D eigenvalue weighted by molar-refractivity contribution is 7.12. The van der Waals surface area contributed by atoms with Crippen molar-refractivity contribution in [3.63, 3.8) is 0 Å². The molecule has 0 atom stereocenters. The molecule has 6 heteroatoms. The highest BCUT2D eigenvalue weighted by atomic mass is 32.1. The van der Waals surface area contributed by atoms with Gasteiger partial charge in [0, 0.05) is 40.5 Å². The normalized spacial score (nSPS) is 11.8. The SMILES string of the molecule is CC(C)(C)c1nn(-c2nccs2)cc1-c1ccc(N)nc1. The minimum absolute atomic E-state index is 0.0702. The number of anilines is 1. The van der Waals surface area contributed by atoms with Crippen LogP contribution in [0.25, 0.3) is 16.3 Å². The first-order valence-corrected chi connectivity index (χ1v) is 7.55. The Balaban J connectivity index is 2.16. The summed E-state index contributed by atoms with van der Waals surface area (Å²) in [6, 6.07) is 3.78. The molecule has 108 valence electrons. The first kappa shape index (κ1) is 13.8. The zero-order chi connectivity index (χ0) is 15.0. The lowest BCUT2D eigenvalue weighted by Gasteiger charge is -2.17. The van der Waals surface area contributed by atoms with E-state index in [1.165, 1.54) is 0 Å². The molecule has 21 heavy (non-hydrogen) atoms. The van der Waals surface area contributed by atoms with Gasteiger partial charge in [0.2, 0.25) is 5.13 Å². The van der Waals surface area contributed by atoms with Gasteiger partial charge in [-0.2, -0.15) is 5.10 Å². The van der Waals surface area contributed by atoms with Crippen LogP contribution in [0.3, 0.4) is 0 Å². The summed E-state index contributed by atoms with van der Waals surface area (Å²) in [6.45, 7) is 6.45. The summed E-state index contributed by atoms with van der Waals surface area (Å²) >= 11 is 1.56. The first-order chi connectivity index (χ1) is 9.95. The van der Waals surface area contributed by atoms with E-state index in [4.69, 9.17) is 10.8 Å². The summed E-state index contributed by atoms with van der Waals surface area (Å²) < 4.78 is 1.83. The molecule has 0 amide bonds. The second-order valence-corrected chi connectivity index (χ2v) is 6.75. The van der Waals surface area contributed by atoms with Crippen LogP contribution >= 0.6 is 11.3 Å². The van der Waals surface area contributed by atoms with E-state index < -0.39 is 0 Å². The molecule has 0 aromatic carbocycles. The van der Waals surface area contributed by atoms with Gasteiger partial charge in [-0.25, -0.2) is 14.6 Å². The Morgan fingerprint density at radius 2 is 2.00 bits per heavy atom. The second kappa shape index (κ2) is 4.96. The number of hydrogen-bond acceptors (Lipinski definition) is 5. The third kappa shape index (κ3) is 2.67. The van der Waals surface area contributed by atoms with Crippen LogP contribution in [0, 0.1) is 0 Å². The highest BCUT2D eigenvalue weighted by Crippen LogP contribution is 2.32. The predicted octanol–water partition coefficient (Wildman–Crippen LogP) is 3.27. The fourth-order valence-corrected chi connectivity index (χ4v) is 2.70. The average molecular weight is 299 g/mol. The van der Waals surface area contributed by atoms with Crippen molar-refractivity contribution in [3.8, 4) is 16.3 Å². The van der Waals surface area contributed by atoms with Gasteiger partial charge in [-0.05, 0) is 12.1 Å². The monoisotopic (exact) mass is 299 g/mol. The van der Waals surface area contributed by atoms with Crippen molar-refractivity contribution in [1.29, 1.82) is 0 Å². The van der Waals surface area contributed by atoms with Crippen molar-refractivity contribution in [2.75, 3.05) is 5.73 Å². The molecule has 3 rings (SSSR count). The van der Waals surface area contributed by atoms with Crippen LogP contribution in [-0.4, -0.2) is 19.7 Å². The standard InChI is InChI=1S/C15H17N5S/c1-15(2,3)13-11(10-4-5-12(16)18-8-10)9-20(19-13)14-17-6-7-21-14/h4-9H,1-3H3,(H2,16,18). The van der Waals surface area contributed by atoms with E-state index in [0.29, 0.717) is 5.82 Å². The highest BCUT2D eigenvalue weighted by Gasteiger charge is 2.24. The minimum Gasteiger partial charge on any atom is -0.384 e. The summed E-state index contributed by atoms with van der Waals surface area (Å²) in [5.41, 5.74) is 8.69. The summed E-state index contributed by atoms with van der Waals surface area (Å²) in [5.74, 6) is 0.517. The van der Waals surface area contributed by atoms with Crippen molar-refractivity contribution < 1.29 is 0 Å². The molecule has 3 heterocycles. The van der Waals surface area contributed by atoms with Gasteiger partial charge in [0.1, 0.15) is 5.82 Å². The lowest BCUT2D eigenvalue weighted by Crippen LogP contribution is -2.14. The van der Waals surface area contributed by atoms with Crippen LogP contribution in [0.5, 0.6) is 0 Å². The third-order valence-corrected chi connectivity index (χ3v) is 3.90. The number of nitrogen functional groups attached to an aromatic ring is 1. The Morgan fingerprint density at radius 1 is 1.19 bits per heavy atom. The molecule has 0 aliphatic carbocycles. The molecule has 0 unspecified atom stereocenters. The van der Waals surface area contributed by atoms with Crippen LogP contribution in [0.1, 0.15) is 26.5 Å². The summed E-state index contributed by atoms with van der Waals surface area (Å²) in [6.07, 6.45) is 5.57. The molecule has 0 fully saturated rings. The van der Waals surface area contributed by atoms with Crippen LogP contribution in [-0.2, 0) is 5.41 Å². The van der Waals surface area contributed by atoms with Gasteiger partial charge >= 0.3 is 0 Å². The zero-order valence-corrected chi connectivity index (χ0v) is 13.1. The average Bonchev–Trinajstić information content (AvgIpc) is 3.07. The van der Waals surface area contributed by atoms with Gasteiger partial charge in [-0.1, -0.05) is 20.8 Å². The van der Waals surface area contributed by atoms with Gasteiger partial charge in [0.25, 0.3) is 0 Å². The molecule has 0 aliphatic rings. The smallest absolute Gasteiger partial charge is 0.210 e. The largest absolute Gasteiger partial charge is 0.384 e. The van der Waals surface area contributed by atoms with Crippen LogP contribution in [0.15, 0.2) is 36.1 Å². The molecule has 0 spiro atoms. The van der Waals surface area contributed by atoms with Gasteiger partial charge < -0.3 is 5.73 Å². The quantitative estimate of drug-likeness (QED) is 0.788. The van der Waals surface area contributed by atoms with Crippen LogP contribution in [0.4, 0.5) is 5.82 Å². The van der Waals surface area contributed by atoms with Gasteiger partial charge in [-0.15, -0.1) is 11.3 Å². The number of hydrogen-bond donors (Lipinski definition) is 1. The Hall–Kier alpha value is -2.21. The Kier molecular flexibility index (Phi) is 3.25. The molecule has 0 saturated carbocycles. The maximum Gasteiger partial charge on any atom is 0.210 e. The summed E-state index contributed by atoms with van der Waals surface area (Å²) in [7, 11) is 0. The molecule has 3 aromatic heterocycles. The van der Waals surface area contributed by atoms with Crippen LogP contribution in [0.2, 0.25) is 0 Å². The maximum absolute atomic E-state index is 5.67. The number of thiazole rings is 1. The molecule has 0 bridgehead atoms. The molecular formula is C15H17N5S. The molecule has 3 aromatic rings. The summed E-state index contributed by atoms with van der Waals surface area (Å²) in [4.78, 5) is 8.49. The maximum atomic E-state index is 5.67. The van der Waals surface area contributed by atoms with Crippen LogP contribution < -0.4 is 5.73 Å². The number of pyridine rings is 1. The van der Waals surface area contributed by atoms with Crippen molar-refractivity contribution in [1.82, 2.24) is 19.7 Å². The number of nitrogens with zero attached hydrogens (tertiary/aromatic N) is 4. The Labute approximate surface area is 127 Å². The number of aromatic nitrogens is 4. The lowest BCUT2D eigenvalue weighted by atomic mass is 9.88. The second-order valence-electron chi connectivity index (χ2n) is 5.87. The van der Waals surface area contributed by atoms with E-state index in [0.717, 1.165) is 22.0 Å². The minimum atomic E-state index is -0.0702. The summed E-state index contributed by atoms with van der Waals surface area (Å²) in [5, 5.41) is 7.53. The van der Waals surface area contributed by atoms with Gasteiger partial charge in [0.05, 0.1) is 5.69 Å². The van der Waals surface area contributed by atoms with E-state index in [9.17, 15) is 0 Å². The third-order valence-electron chi connectivity index (χ3n) is 3.14. The van der Waals surface area contributed by atoms with Gasteiger partial charge in [-0.3, -0.25) is 0 Å². The van der Waals surface area contributed by atoms with Crippen molar-refractivity contribution in [2.24, 2.45) is 0 Å². The fraction of sp³-hybridized carbons (Fsp3) is 0.267. The molecule has 0 saturated heterocycles. The Morgan fingerprint density at radius 3 is 2.57 bits per heavy atom. The molecular weight excluding hydrogens is 282 g/mol.